The van der Waals surface area contributed by atoms with E-state index in [1.165, 1.54) is 13.2 Å². The van der Waals surface area contributed by atoms with E-state index in [4.69, 9.17) is 9.47 Å². The number of carbonyl (C=O) groups excluding carboxylic acids is 2. The fraction of sp³-hybridized carbons (Fsp3) is 0.500. The van der Waals surface area contributed by atoms with Gasteiger partial charge in [0.15, 0.2) is 27.9 Å². The molecule has 1 unspecified atom stereocenters. The van der Waals surface area contributed by atoms with E-state index in [0.29, 0.717) is 0 Å². The number of ether oxygens (including phenoxy) is 3. The highest BCUT2D eigenvalue weighted by Crippen LogP contribution is 2.29. The summed E-state index contributed by atoms with van der Waals surface area (Å²) in [6.45, 7) is -2.07. The van der Waals surface area contributed by atoms with Crippen molar-refractivity contribution in [2.24, 2.45) is 0 Å². The van der Waals surface area contributed by atoms with Crippen molar-refractivity contribution < 1.29 is 41.0 Å². The second kappa shape index (κ2) is 8.07. The maximum atomic E-state index is 12.3. The highest BCUT2D eigenvalue weighted by atomic mass is 32.2. The quantitative estimate of drug-likeness (QED) is 0.676. The molecule has 0 aromatic heterocycles. The number of alkyl halides is 2. The minimum Gasteiger partial charge on any atom is -0.493 e. The Bertz CT molecular complexity index is 828. The summed E-state index contributed by atoms with van der Waals surface area (Å²) in [6, 6.07) is 3.44. The van der Waals surface area contributed by atoms with E-state index in [9.17, 15) is 26.8 Å². The Hall–Kier alpha value is -2.43. The largest absolute Gasteiger partial charge is 0.493 e. The molecule has 1 aliphatic heterocycles. The van der Waals surface area contributed by atoms with Crippen LogP contribution in [-0.4, -0.2) is 57.7 Å². The lowest BCUT2D eigenvalue weighted by Crippen LogP contribution is -2.48. The smallest absolute Gasteiger partial charge is 0.387 e. The van der Waals surface area contributed by atoms with Crippen molar-refractivity contribution in [2.45, 2.75) is 25.5 Å². The average molecular weight is 407 g/mol. The lowest BCUT2D eigenvalue weighted by molar-refractivity contribution is -0.125. The molecule has 1 N–H and O–H groups in total. The fourth-order valence-corrected chi connectivity index (χ4v) is 4.78. The summed E-state index contributed by atoms with van der Waals surface area (Å²) < 4.78 is 61.7. The summed E-state index contributed by atoms with van der Waals surface area (Å²) >= 11 is 0. The van der Waals surface area contributed by atoms with Crippen LogP contribution in [0.15, 0.2) is 18.2 Å². The second-order valence-corrected chi connectivity index (χ2v) is 8.46. The summed E-state index contributed by atoms with van der Waals surface area (Å²) in [5.74, 6) is -2.07. The number of sulfone groups is 1. The van der Waals surface area contributed by atoms with E-state index in [0.717, 1.165) is 12.1 Å². The van der Waals surface area contributed by atoms with Crippen molar-refractivity contribution in [3.8, 4) is 11.5 Å². The van der Waals surface area contributed by atoms with Gasteiger partial charge in [0.1, 0.15) is 0 Å². The van der Waals surface area contributed by atoms with E-state index in [2.05, 4.69) is 10.1 Å². The van der Waals surface area contributed by atoms with Crippen molar-refractivity contribution in [1.29, 1.82) is 0 Å². The number of esters is 1. The molecular formula is C16H19F2NO7S. The van der Waals surface area contributed by atoms with Gasteiger partial charge in [-0.25, -0.2) is 13.2 Å². The zero-order chi connectivity index (χ0) is 20.2. The monoisotopic (exact) mass is 407 g/mol. The number of hydrogen-bond acceptors (Lipinski definition) is 7. The van der Waals surface area contributed by atoms with Crippen LogP contribution >= 0.6 is 0 Å². The standard InChI is InChI=1S/C16H19F2NO7S/c1-16(5-6-27(22,23)9-16)19-13(20)8-25-14(21)10-3-4-11(26-15(17)18)12(7-10)24-2/h3-4,7,15H,5-6,8-9H2,1-2H3,(H,19,20). The minimum atomic E-state index is -3.20. The number of amides is 1. The lowest BCUT2D eigenvalue weighted by atomic mass is 10.0. The van der Waals surface area contributed by atoms with Gasteiger partial charge in [-0.2, -0.15) is 8.78 Å². The molecule has 8 nitrogen and oxygen atoms in total. The number of rotatable bonds is 7. The molecule has 0 saturated carbocycles. The van der Waals surface area contributed by atoms with Gasteiger partial charge in [0.25, 0.3) is 5.91 Å². The number of benzene rings is 1. The van der Waals surface area contributed by atoms with E-state index in [1.807, 2.05) is 0 Å². The molecule has 0 aliphatic carbocycles. The first-order valence-corrected chi connectivity index (χ1v) is 9.67. The fourth-order valence-electron chi connectivity index (χ4n) is 2.68. The van der Waals surface area contributed by atoms with Gasteiger partial charge < -0.3 is 19.5 Å². The van der Waals surface area contributed by atoms with Crippen molar-refractivity contribution in [3.63, 3.8) is 0 Å². The molecule has 0 radical (unpaired) electrons. The zero-order valence-electron chi connectivity index (χ0n) is 14.7. The van der Waals surface area contributed by atoms with Gasteiger partial charge in [0.05, 0.1) is 29.7 Å². The normalized spacial score (nSPS) is 20.9. The van der Waals surface area contributed by atoms with Crippen molar-refractivity contribution >= 4 is 21.7 Å². The van der Waals surface area contributed by atoms with Crippen molar-refractivity contribution in [2.75, 3.05) is 25.2 Å². The zero-order valence-corrected chi connectivity index (χ0v) is 15.5. The van der Waals surface area contributed by atoms with Gasteiger partial charge in [-0.3, -0.25) is 4.79 Å². The summed E-state index contributed by atoms with van der Waals surface area (Å²) in [5, 5.41) is 2.55. The molecule has 11 heteroatoms. The number of hydrogen-bond donors (Lipinski definition) is 1. The van der Waals surface area contributed by atoms with Crippen LogP contribution in [0.2, 0.25) is 0 Å². The topological polar surface area (TPSA) is 108 Å². The molecule has 0 spiro atoms. The molecule has 1 atom stereocenters. The highest BCUT2D eigenvalue weighted by molar-refractivity contribution is 7.91. The Morgan fingerprint density at radius 1 is 1.30 bits per heavy atom. The van der Waals surface area contributed by atoms with Crippen molar-refractivity contribution in [1.82, 2.24) is 5.32 Å². The van der Waals surface area contributed by atoms with E-state index in [-0.39, 0.29) is 35.0 Å². The van der Waals surface area contributed by atoms with Crippen LogP contribution in [-0.2, 0) is 19.4 Å². The predicted molar refractivity (Wildman–Crippen MR) is 89.7 cm³/mol. The minimum absolute atomic E-state index is 0.0175. The van der Waals surface area contributed by atoms with Crippen LogP contribution in [0, 0.1) is 0 Å². The maximum Gasteiger partial charge on any atom is 0.387 e. The number of methoxy groups -OCH3 is 1. The molecule has 1 heterocycles. The van der Waals surface area contributed by atoms with Crippen LogP contribution in [0.4, 0.5) is 8.78 Å². The highest BCUT2D eigenvalue weighted by Gasteiger charge is 2.39. The molecule has 27 heavy (non-hydrogen) atoms. The van der Waals surface area contributed by atoms with Gasteiger partial charge in [-0.05, 0) is 31.5 Å². The predicted octanol–water partition coefficient (Wildman–Crippen LogP) is 1.15. The van der Waals surface area contributed by atoms with Crippen molar-refractivity contribution in [3.05, 3.63) is 23.8 Å². The number of nitrogens with one attached hydrogen (secondary N) is 1. The van der Waals surface area contributed by atoms with E-state index in [1.54, 1.807) is 6.92 Å². The Morgan fingerprint density at radius 3 is 2.56 bits per heavy atom. The Kier molecular flexibility index (Phi) is 6.24. The lowest BCUT2D eigenvalue weighted by Gasteiger charge is -2.23. The molecule has 150 valence electrons. The maximum absolute atomic E-state index is 12.3. The molecule has 1 aromatic rings. The van der Waals surface area contributed by atoms with Gasteiger partial charge >= 0.3 is 12.6 Å². The SMILES string of the molecule is COc1cc(C(=O)OCC(=O)NC2(C)CCS(=O)(=O)C2)ccc1OC(F)F. The third-order valence-corrected chi connectivity index (χ3v) is 5.80. The number of halogens is 2. The van der Waals surface area contributed by atoms with Gasteiger partial charge in [-0.15, -0.1) is 0 Å². The Labute approximate surface area is 154 Å². The third-order valence-electron chi connectivity index (χ3n) is 3.89. The van der Waals surface area contributed by atoms with Crippen LogP contribution < -0.4 is 14.8 Å². The molecule has 1 aromatic carbocycles. The molecule has 1 amide bonds. The number of carbonyl (C=O) groups is 2. The van der Waals surface area contributed by atoms with Crippen LogP contribution in [0.1, 0.15) is 23.7 Å². The average Bonchev–Trinajstić information content (AvgIpc) is 2.85. The third kappa shape index (κ3) is 5.78. The molecule has 2 rings (SSSR count). The molecule has 1 fully saturated rings. The van der Waals surface area contributed by atoms with E-state index >= 15 is 0 Å². The van der Waals surface area contributed by atoms with Gasteiger partial charge in [-0.1, -0.05) is 0 Å². The van der Waals surface area contributed by atoms with Crippen LogP contribution in [0.25, 0.3) is 0 Å². The first-order valence-electron chi connectivity index (χ1n) is 7.85. The molecular weight excluding hydrogens is 388 g/mol. The summed E-state index contributed by atoms with van der Waals surface area (Å²) in [7, 11) is -1.98. The van der Waals surface area contributed by atoms with Crippen LogP contribution in [0.5, 0.6) is 11.5 Å². The van der Waals surface area contributed by atoms with Gasteiger partial charge in [0.2, 0.25) is 0 Å². The second-order valence-electron chi connectivity index (χ2n) is 6.27. The molecule has 1 aliphatic rings. The summed E-state index contributed by atoms with van der Waals surface area (Å²) in [4.78, 5) is 24.0. The summed E-state index contributed by atoms with van der Waals surface area (Å²) in [5.41, 5.74) is -0.935. The molecule has 0 bridgehead atoms. The first-order chi connectivity index (χ1) is 12.5. The first kappa shape index (κ1) is 20.9. The Balaban J connectivity index is 1.94. The van der Waals surface area contributed by atoms with Crippen LogP contribution in [0.3, 0.4) is 0 Å². The van der Waals surface area contributed by atoms with Gasteiger partial charge in [0, 0.05) is 0 Å². The van der Waals surface area contributed by atoms with E-state index < -0.39 is 40.5 Å². The summed E-state index contributed by atoms with van der Waals surface area (Å²) in [6.07, 6.45) is 0.276. The molecule has 1 saturated heterocycles. The Morgan fingerprint density at radius 2 is 2.00 bits per heavy atom.